The Labute approximate surface area is 101 Å². The van der Waals surface area contributed by atoms with E-state index in [0.29, 0.717) is 11.3 Å². The van der Waals surface area contributed by atoms with Crippen molar-refractivity contribution in [2.75, 3.05) is 18.9 Å². The number of hydrogen-bond acceptors (Lipinski definition) is 3. The highest BCUT2D eigenvalue weighted by Gasteiger charge is 2.29. The van der Waals surface area contributed by atoms with Gasteiger partial charge in [-0.05, 0) is 43.5 Å². The zero-order valence-corrected chi connectivity index (χ0v) is 10.0. The topological polar surface area (TPSA) is 66.6 Å². The molecule has 1 heterocycles. The van der Waals surface area contributed by atoms with Crippen molar-refractivity contribution in [3.63, 3.8) is 0 Å². The quantitative estimate of drug-likeness (QED) is 0.755. The molecule has 4 heteroatoms. The van der Waals surface area contributed by atoms with E-state index in [1.54, 1.807) is 23.1 Å². The number of aliphatic hydroxyl groups excluding tert-OH is 1. The third-order valence-corrected chi connectivity index (χ3v) is 3.33. The van der Waals surface area contributed by atoms with E-state index in [2.05, 4.69) is 0 Å². The summed E-state index contributed by atoms with van der Waals surface area (Å²) in [5.41, 5.74) is 7.90. The first kappa shape index (κ1) is 11.9. The van der Waals surface area contributed by atoms with Crippen molar-refractivity contribution in [1.82, 2.24) is 4.90 Å². The van der Waals surface area contributed by atoms with Gasteiger partial charge in [-0.3, -0.25) is 4.79 Å². The summed E-state index contributed by atoms with van der Waals surface area (Å²) >= 11 is 0. The molecule has 17 heavy (non-hydrogen) atoms. The highest BCUT2D eigenvalue weighted by atomic mass is 16.3. The van der Waals surface area contributed by atoms with Gasteiger partial charge in [0.25, 0.3) is 5.91 Å². The van der Waals surface area contributed by atoms with Crippen LogP contribution in [0.4, 0.5) is 5.69 Å². The number of nitrogen functional groups attached to an aromatic ring is 1. The molecule has 3 N–H and O–H groups in total. The minimum atomic E-state index is -0.0283. The van der Waals surface area contributed by atoms with E-state index in [-0.39, 0.29) is 18.6 Å². The lowest BCUT2D eigenvalue weighted by molar-refractivity contribution is 0.0677. The minimum Gasteiger partial charge on any atom is -0.399 e. The summed E-state index contributed by atoms with van der Waals surface area (Å²) in [6.45, 7) is 2.65. The van der Waals surface area contributed by atoms with E-state index in [0.717, 1.165) is 24.9 Å². The second-order valence-corrected chi connectivity index (χ2v) is 4.55. The maximum absolute atomic E-state index is 12.3. The first-order valence-electron chi connectivity index (χ1n) is 5.91. The van der Waals surface area contributed by atoms with Gasteiger partial charge in [-0.25, -0.2) is 0 Å². The number of nitrogens with zero attached hydrogens (tertiary/aromatic N) is 1. The maximum atomic E-state index is 12.3. The van der Waals surface area contributed by atoms with E-state index < -0.39 is 0 Å². The second-order valence-electron chi connectivity index (χ2n) is 4.55. The fourth-order valence-corrected chi connectivity index (χ4v) is 2.37. The van der Waals surface area contributed by atoms with Crippen molar-refractivity contribution in [3.05, 3.63) is 29.3 Å². The normalized spacial score (nSPS) is 19.6. The molecule has 1 amide bonds. The van der Waals surface area contributed by atoms with Gasteiger partial charge in [0, 0.05) is 17.8 Å². The number of rotatable bonds is 2. The summed E-state index contributed by atoms with van der Waals surface area (Å²) in [4.78, 5) is 14.1. The van der Waals surface area contributed by atoms with Crippen molar-refractivity contribution in [1.29, 1.82) is 0 Å². The Bertz CT molecular complexity index is 431. The largest absolute Gasteiger partial charge is 0.399 e. The molecule has 1 aliphatic heterocycles. The van der Waals surface area contributed by atoms with Gasteiger partial charge in [0.15, 0.2) is 0 Å². The van der Waals surface area contributed by atoms with E-state index in [9.17, 15) is 9.90 Å². The van der Waals surface area contributed by atoms with Crippen LogP contribution in [0, 0.1) is 6.92 Å². The van der Waals surface area contributed by atoms with Crippen molar-refractivity contribution < 1.29 is 9.90 Å². The monoisotopic (exact) mass is 234 g/mol. The van der Waals surface area contributed by atoms with Crippen LogP contribution in [0.3, 0.4) is 0 Å². The smallest absolute Gasteiger partial charge is 0.254 e. The maximum Gasteiger partial charge on any atom is 0.254 e. The number of carbonyl (C=O) groups excluding carboxylic acids is 1. The second kappa shape index (κ2) is 4.75. The predicted octanol–water partition coefficient (Wildman–Crippen LogP) is 1.17. The Morgan fingerprint density at radius 2 is 2.35 bits per heavy atom. The molecule has 1 saturated heterocycles. The molecular weight excluding hydrogens is 216 g/mol. The zero-order valence-electron chi connectivity index (χ0n) is 10.0. The Balaban J connectivity index is 2.24. The summed E-state index contributed by atoms with van der Waals surface area (Å²) in [5, 5.41) is 9.23. The molecule has 0 aromatic heterocycles. The minimum absolute atomic E-state index is 0.000880. The lowest BCUT2D eigenvalue weighted by atomic mass is 10.1. The Hall–Kier alpha value is -1.55. The van der Waals surface area contributed by atoms with Crippen LogP contribution in [0.25, 0.3) is 0 Å². The van der Waals surface area contributed by atoms with Crippen LogP contribution in [-0.4, -0.2) is 35.1 Å². The SMILES string of the molecule is Cc1cc(N)ccc1C(=O)N1CCCC1CO. The molecule has 1 fully saturated rings. The number of likely N-dealkylation sites (tertiary alicyclic amines) is 1. The number of aryl methyl sites for hydroxylation is 1. The molecule has 0 bridgehead atoms. The summed E-state index contributed by atoms with van der Waals surface area (Å²) in [6, 6.07) is 5.28. The molecule has 0 aliphatic carbocycles. The van der Waals surface area contributed by atoms with Gasteiger partial charge in [0.2, 0.25) is 0 Å². The average molecular weight is 234 g/mol. The Morgan fingerprint density at radius 1 is 1.59 bits per heavy atom. The van der Waals surface area contributed by atoms with Crippen molar-refractivity contribution >= 4 is 11.6 Å². The van der Waals surface area contributed by atoms with Crippen molar-refractivity contribution in [2.45, 2.75) is 25.8 Å². The predicted molar refractivity (Wildman–Crippen MR) is 66.7 cm³/mol. The van der Waals surface area contributed by atoms with Crippen LogP contribution in [0.2, 0.25) is 0 Å². The van der Waals surface area contributed by atoms with Crippen LogP contribution >= 0.6 is 0 Å². The molecule has 1 aromatic carbocycles. The van der Waals surface area contributed by atoms with Crippen LogP contribution in [-0.2, 0) is 0 Å². The van der Waals surface area contributed by atoms with Gasteiger partial charge in [0.05, 0.1) is 12.6 Å². The van der Waals surface area contributed by atoms with Gasteiger partial charge in [-0.15, -0.1) is 0 Å². The number of carbonyl (C=O) groups is 1. The van der Waals surface area contributed by atoms with Crippen molar-refractivity contribution in [3.8, 4) is 0 Å². The summed E-state index contributed by atoms with van der Waals surface area (Å²) < 4.78 is 0. The summed E-state index contributed by atoms with van der Waals surface area (Å²) in [5.74, 6) is -0.000880. The first-order valence-corrected chi connectivity index (χ1v) is 5.91. The molecule has 1 aliphatic rings. The van der Waals surface area contributed by atoms with E-state index in [1.807, 2.05) is 6.92 Å². The van der Waals surface area contributed by atoms with Crippen LogP contribution in [0.15, 0.2) is 18.2 Å². The molecule has 4 nitrogen and oxygen atoms in total. The van der Waals surface area contributed by atoms with Gasteiger partial charge < -0.3 is 15.7 Å². The third kappa shape index (κ3) is 2.26. The number of nitrogens with two attached hydrogens (primary N) is 1. The third-order valence-electron chi connectivity index (χ3n) is 3.33. The van der Waals surface area contributed by atoms with Gasteiger partial charge in [-0.2, -0.15) is 0 Å². The molecule has 0 radical (unpaired) electrons. The first-order chi connectivity index (χ1) is 8.13. The Morgan fingerprint density at radius 3 is 3.00 bits per heavy atom. The van der Waals surface area contributed by atoms with Crippen molar-refractivity contribution in [2.24, 2.45) is 0 Å². The van der Waals surface area contributed by atoms with E-state index in [1.165, 1.54) is 0 Å². The number of benzene rings is 1. The van der Waals surface area contributed by atoms with Gasteiger partial charge in [0.1, 0.15) is 0 Å². The average Bonchev–Trinajstić information content (AvgIpc) is 2.76. The van der Waals surface area contributed by atoms with Gasteiger partial charge in [-0.1, -0.05) is 0 Å². The highest BCUT2D eigenvalue weighted by molar-refractivity contribution is 5.96. The lowest BCUT2D eigenvalue weighted by Gasteiger charge is -2.23. The molecule has 0 spiro atoms. The van der Waals surface area contributed by atoms with Crippen LogP contribution in [0.1, 0.15) is 28.8 Å². The fourth-order valence-electron chi connectivity index (χ4n) is 2.37. The zero-order chi connectivity index (χ0) is 12.4. The number of anilines is 1. The van der Waals surface area contributed by atoms with Crippen LogP contribution < -0.4 is 5.73 Å². The molecule has 92 valence electrons. The molecular formula is C13H18N2O2. The standard InChI is InChI=1S/C13H18N2O2/c1-9-7-10(14)4-5-12(9)13(17)15-6-2-3-11(15)8-16/h4-5,7,11,16H,2-3,6,8,14H2,1H3. The fraction of sp³-hybridized carbons (Fsp3) is 0.462. The van der Waals surface area contributed by atoms with E-state index >= 15 is 0 Å². The summed E-state index contributed by atoms with van der Waals surface area (Å²) in [7, 11) is 0. The number of hydrogen-bond donors (Lipinski definition) is 2. The Kier molecular flexibility index (Phi) is 3.33. The van der Waals surface area contributed by atoms with E-state index in [4.69, 9.17) is 5.73 Å². The molecule has 1 unspecified atom stereocenters. The summed E-state index contributed by atoms with van der Waals surface area (Å²) in [6.07, 6.45) is 1.85. The van der Waals surface area contributed by atoms with Crippen LogP contribution in [0.5, 0.6) is 0 Å². The number of aliphatic hydroxyl groups is 1. The highest BCUT2D eigenvalue weighted by Crippen LogP contribution is 2.22. The molecule has 1 aromatic rings. The molecule has 2 rings (SSSR count). The lowest BCUT2D eigenvalue weighted by Crippen LogP contribution is -2.37. The number of amides is 1. The van der Waals surface area contributed by atoms with Gasteiger partial charge >= 0.3 is 0 Å². The molecule has 0 saturated carbocycles. The molecule has 1 atom stereocenters.